The fraction of sp³-hybridized carbons (Fsp3) is 0.438. The van der Waals surface area contributed by atoms with E-state index in [0.29, 0.717) is 12.0 Å². The van der Waals surface area contributed by atoms with Gasteiger partial charge in [0.05, 0.1) is 5.52 Å². The number of aromatic nitrogens is 1. The molecule has 2 aromatic rings. The molecule has 2 heterocycles. The number of halogens is 1. The van der Waals surface area contributed by atoms with Crippen LogP contribution in [-0.4, -0.2) is 24.1 Å². The molecule has 4 heteroatoms. The summed E-state index contributed by atoms with van der Waals surface area (Å²) in [5.74, 6) is 0.585. The van der Waals surface area contributed by atoms with Crippen molar-refractivity contribution in [3.63, 3.8) is 0 Å². The highest BCUT2D eigenvalue weighted by Gasteiger charge is 2.25. The second-order valence-corrected chi connectivity index (χ2v) is 6.11. The lowest BCUT2D eigenvalue weighted by molar-refractivity contribution is 0.374. The van der Waals surface area contributed by atoms with E-state index in [4.69, 9.17) is 17.3 Å². The van der Waals surface area contributed by atoms with Crippen LogP contribution in [0, 0.1) is 5.92 Å². The van der Waals surface area contributed by atoms with Gasteiger partial charge in [-0.2, -0.15) is 0 Å². The van der Waals surface area contributed by atoms with Gasteiger partial charge in [0.2, 0.25) is 0 Å². The van der Waals surface area contributed by atoms with Gasteiger partial charge in [0, 0.05) is 34.9 Å². The molecule has 1 aliphatic rings. The predicted octanol–water partition coefficient (Wildman–Crippen LogP) is 3.45. The van der Waals surface area contributed by atoms with Crippen LogP contribution in [0.3, 0.4) is 0 Å². The van der Waals surface area contributed by atoms with Crippen molar-refractivity contribution in [3.05, 3.63) is 35.5 Å². The van der Waals surface area contributed by atoms with E-state index in [-0.39, 0.29) is 0 Å². The summed E-state index contributed by atoms with van der Waals surface area (Å²) in [5, 5.41) is 1.90. The second-order valence-electron chi connectivity index (χ2n) is 5.67. The molecule has 1 fully saturated rings. The van der Waals surface area contributed by atoms with Crippen molar-refractivity contribution >= 4 is 28.2 Å². The summed E-state index contributed by atoms with van der Waals surface area (Å²) >= 11 is 6.06. The van der Waals surface area contributed by atoms with Crippen LogP contribution in [0.15, 0.2) is 30.5 Å². The Morgan fingerprint density at radius 3 is 3.00 bits per heavy atom. The highest BCUT2D eigenvalue weighted by molar-refractivity contribution is 6.31. The van der Waals surface area contributed by atoms with Crippen molar-refractivity contribution < 1.29 is 0 Å². The van der Waals surface area contributed by atoms with Crippen LogP contribution in [0.25, 0.3) is 10.9 Å². The highest BCUT2D eigenvalue weighted by atomic mass is 35.5. The van der Waals surface area contributed by atoms with E-state index < -0.39 is 0 Å². The van der Waals surface area contributed by atoms with E-state index in [0.717, 1.165) is 23.6 Å². The summed E-state index contributed by atoms with van der Waals surface area (Å²) in [5.41, 5.74) is 8.07. The molecular formula is C16H20ClN3. The summed E-state index contributed by atoms with van der Waals surface area (Å²) in [6, 6.07) is 8.57. The Morgan fingerprint density at radius 2 is 2.20 bits per heavy atom. The summed E-state index contributed by atoms with van der Waals surface area (Å²) in [6.45, 7) is 4.08. The van der Waals surface area contributed by atoms with Crippen molar-refractivity contribution in [3.8, 4) is 0 Å². The maximum Gasteiger partial charge on any atom is 0.0737 e. The molecule has 1 aromatic carbocycles. The van der Waals surface area contributed by atoms with Crippen LogP contribution in [0.4, 0.5) is 5.69 Å². The minimum atomic E-state index is 0.541. The van der Waals surface area contributed by atoms with Crippen LogP contribution in [-0.2, 0) is 0 Å². The third-order valence-electron chi connectivity index (χ3n) is 4.30. The monoisotopic (exact) mass is 289 g/mol. The average Bonchev–Trinajstić information content (AvgIpc) is 2.47. The van der Waals surface area contributed by atoms with Crippen molar-refractivity contribution in [1.82, 2.24) is 4.98 Å². The Kier molecular flexibility index (Phi) is 3.81. The molecule has 0 amide bonds. The average molecular weight is 290 g/mol. The van der Waals surface area contributed by atoms with Crippen LogP contribution in [0.5, 0.6) is 0 Å². The molecule has 0 aliphatic carbocycles. The van der Waals surface area contributed by atoms with E-state index in [2.05, 4.69) is 28.9 Å². The van der Waals surface area contributed by atoms with Gasteiger partial charge in [0.1, 0.15) is 0 Å². The normalized spacial score (nSPS) is 23.2. The quantitative estimate of drug-likeness (QED) is 0.921. The molecule has 1 aromatic heterocycles. The van der Waals surface area contributed by atoms with E-state index >= 15 is 0 Å². The number of piperidine rings is 1. The molecule has 2 atom stereocenters. The lowest BCUT2D eigenvalue weighted by Gasteiger charge is -2.39. The van der Waals surface area contributed by atoms with Crippen molar-refractivity contribution in [1.29, 1.82) is 0 Å². The maximum absolute atomic E-state index is 6.06. The number of nitrogens with zero attached hydrogens (tertiary/aromatic N) is 2. The molecule has 0 spiro atoms. The number of anilines is 1. The Morgan fingerprint density at radius 1 is 1.35 bits per heavy atom. The lowest BCUT2D eigenvalue weighted by atomic mass is 9.92. The zero-order chi connectivity index (χ0) is 14.1. The van der Waals surface area contributed by atoms with Crippen LogP contribution in [0.2, 0.25) is 5.02 Å². The Hall–Kier alpha value is -1.32. The summed E-state index contributed by atoms with van der Waals surface area (Å²) in [4.78, 5) is 6.90. The van der Waals surface area contributed by atoms with E-state index in [1.54, 1.807) is 0 Å². The lowest BCUT2D eigenvalue weighted by Crippen LogP contribution is -2.44. The second kappa shape index (κ2) is 5.58. The highest BCUT2D eigenvalue weighted by Crippen LogP contribution is 2.32. The van der Waals surface area contributed by atoms with Crippen molar-refractivity contribution in [2.75, 3.05) is 18.0 Å². The van der Waals surface area contributed by atoms with Crippen LogP contribution < -0.4 is 10.6 Å². The number of hydrogen-bond donors (Lipinski definition) is 1. The van der Waals surface area contributed by atoms with Crippen molar-refractivity contribution in [2.45, 2.75) is 25.8 Å². The van der Waals surface area contributed by atoms with Gasteiger partial charge in [0.15, 0.2) is 0 Å². The first-order valence-corrected chi connectivity index (χ1v) is 7.58. The number of hydrogen-bond acceptors (Lipinski definition) is 3. The molecule has 20 heavy (non-hydrogen) atoms. The Bertz CT molecular complexity index is 614. The molecule has 0 bridgehead atoms. The molecule has 106 valence electrons. The maximum atomic E-state index is 6.06. The molecule has 2 N–H and O–H groups in total. The summed E-state index contributed by atoms with van der Waals surface area (Å²) in [7, 11) is 0. The van der Waals surface area contributed by atoms with Gasteiger partial charge in [-0.15, -0.1) is 0 Å². The topological polar surface area (TPSA) is 42.1 Å². The number of rotatable bonds is 2. The first kappa shape index (κ1) is 13.7. The molecule has 1 aliphatic heterocycles. The molecule has 2 unspecified atom stereocenters. The Labute approximate surface area is 124 Å². The fourth-order valence-corrected chi connectivity index (χ4v) is 3.23. The zero-order valence-electron chi connectivity index (χ0n) is 11.7. The number of nitrogens with two attached hydrogens (primary N) is 1. The van der Waals surface area contributed by atoms with Gasteiger partial charge in [0.25, 0.3) is 0 Å². The Balaban J connectivity index is 2.04. The van der Waals surface area contributed by atoms with Gasteiger partial charge >= 0.3 is 0 Å². The van der Waals surface area contributed by atoms with Gasteiger partial charge < -0.3 is 10.6 Å². The molecule has 3 nitrogen and oxygen atoms in total. The third kappa shape index (κ3) is 2.48. The SMILES string of the molecule is CC1CCC(CN)CN1c1ccnc2cc(Cl)ccc12. The largest absolute Gasteiger partial charge is 0.368 e. The molecule has 1 saturated heterocycles. The summed E-state index contributed by atoms with van der Waals surface area (Å²) < 4.78 is 0. The van der Waals surface area contributed by atoms with Crippen molar-refractivity contribution in [2.24, 2.45) is 11.7 Å². The number of fused-ring (bicyclic) bond motifs is 1. The van der Waals surface area contributed by atoms with E-state index in [1.165, 1.54) is 23.9 Å². The van der Waals surface area contributed by atoms with Gasteiger partial charge in [-0.05, 0) is 56.5 Å². The van der Waals surface area contributed by atoms with Crippen LogP contribution in [0.1, 0.15) is 19.8 Å². The van der Waals surface area contributed by atoms with Gasteiger partial charge in [-0.1, -0.05) is 11.6 Å². The van der Waals surface area contributed by atoms with Gasteiger partial charge in [-0.3, -0.25) is 4.98 Å². The van der Waals surface area contributed by atoms with Gasteiger partial charge in [-0.25, -0.2) is 0 Å². The standard InChI is InChI=1S/C16H20ClN3/c1-11-2-3-12(9-18)10-20(11)16-6-7-19-15-8-13(17)4-5-14(15)16/h4-8,11-12H,2-3,9-10,18H2,1H3. The first-order chi connectivity index (χ1) is 9.69. The zero-order valence-corrected chi connectivity index (χ0v) is 12.5. The molecule has 3 rings (SSSR count). The third-order valence-corrected chi connectivity index (χ3v) is 4.54. The summed E-state index contributed by atoms with van der Waals surface area (Å²) in [6.07, 6.45) is 4.29. The van der Waals surface area contributed by atoms with E-state index in [9.17, 15) is 0 Å². The predicted molar refractivity (Wildman–Crippen MR) is 85.3 cm³/mol. The fourth-order valence-electron chi connectivity index (χ4n) is 3.07. The minimum absolute atomic E-state index is 0.541. The number of pyridine rings is 1. The first-order valence-electron chi connectivity index (χ1n) is 7.20. The van der Waals surface area contributed by atoms with Crippen LogP contribution >= 0.6 is 11.6 Å². The smallest absolute Gasteiger partial charge is 0.0737 e. The molecule has 0 radical (unpaired) electrons. The van der Waals surface area contributed by atoms with E-state index in [1.807, 2.05) is 18.3 Å². The molecule has 0 saturated carbocycles. The molecular weight excluding hydrogens is 270 g/mol. The minimum Gasteiger partial charge on any atom is -0.368 e. The number of benzene rings is 1.